The van der Waals surface area contributed by atoms with E-state index in [2.05, 4.69) is 12.1 Å². The summed E-state index contributed by atoms with van der Waals surface area (Å²) in [6.45, 7) is 7.77. The van der Waals surface area contributed by atoms with Crippen LogP contribution in [-0.2, 0) is 31.1 Å². The normalized spacial score (nSPS) is 12.7. The van der Waals surface area contributed by atoms with Crippen LogP contribution in [0.25, 0.3) is 0 Å². The monoisotopic (exact) mass is 786 g/mol. The lowest BCUT2D eigenvalue weighted by molar-refractivity contribution is 0.108. The maximum atomic E-state index is 13.5. The maximum Gasteiger partial charge on any atom is 0.206 e. The molecular weight excluding hydrogens is 752 g/mol. The molecule has 10 heteroatoms. The minimum Gasteiger partial charge on any atom is -0.483 e. The van der Waals surface area contributed by atoms with Crippen molar-refractivity contribution in [3.05, 3.63) is 162 Å². The van der Waals surface area contributed by atoms with Gasteiger partial charge < -0.3 is 9.47 Å². The van der Waals surface area contributed by atoms with Crippen molar-refractivity contribution in [2.24, 2.45) is 0 Å². The van der Waals surface area contributed by atoms with Crippen LogP contribution < -0.4 is 9.47 Å². The molecule has 5 nitrogen and oxygen atoms in total. The predicted molar refractivity (Wildman–Crippen MR) is 211 cm³/mol. The fourth-order valence-electron chi connectivity index (χ4n) is 5.30. The zero-order chi connectivity index (χ0) is 37.1. The second-order valence-electron chi connectivity index (χ2n) is 13.0. The molecule has 52 heavy (non-hydrogen) atoms. The highest BCUT2D eigenvalue weighted by Crippen LogP contribution is 2.34. The van der Waals surface area contributed by atoms with Gasteiger partial charge in [-0.05, 0) is 160 Å². The fourth-order valence-corrected chi connectivity index (χ4v) is 8.67. The van der Waals surface area contributed by atoms with Crippen LogP contribution in [-0.4, -0.2) is 12.6 Å². The first kappa shape index (κ1) is 37.7. The van der Waals surface area contributed by atoms with Gasteiger partial charge in [-0.15, -0.1) is 11.6 Å². The Morgan fingerprint density at radius 1 is 0.558 bits per heavy atom. The first-order chi connectivity index (χ1) is 24.7. The Kier molecular flexibility index (Phi) is 11.2. The molecule has 6 rings (SSSR count). The van der Waals surface area contributed by atoms with Crippen LogP contribution in [0.15, 0.2) is 175 Å². The van der Waals surface area contributed by atoms with Gasteiger partial charge in [0.05, 0.1) is 25.5 Å². The first-order valence-corrected chi connectivity index (χ1v) is 20.6. The maximum absolute atomic E-state index is 13.5. The summed E-state index contributed by atoms with van der Waals surface area (Å²) in [7, 11) is -5.16. The van der Waals surface area contributed by atoms with E-state index in [4.69, 9.17) is 32.7 Å². The first-order valence-electron chi connectivity index (χ1n) is 16.3. The molecule has 0 spiro atoms. The molecule has 0 amide bonds. The molecule has 0 aliphatic carbocycles. The number of ether oxygens (including phenoxy) is 2. The summed E-state index contributed by atoms with van der Waals surface area (Å²) in [6, 6.07) is 43.0. The van der Waals surface area contributed by atoms with E-state index >= 15 is 0 Å². The quantitative estimate of drug-likeness (QED) is 0.115. The third-order valence-corrected chi connectivity index (χ3v) is 12.9. The smallest absolute Gasteiger partial charge is 0.206 e. The summed E-state index contributed by atoms with van der Waals surface area (Å²) in [4.78, 5) is 3.28. The number of sulfone groups is 1. The van der Waals surface area contributed by atoms with E-state index in [1.807, 2.05) is 88.4 Å². The van der Waals surface area contributed by atoms with E-state index in [0.717, 1.165) is 20.9 Å². The average Bonchev–Trinajstić information content (AvgIpc) is 3.13. The number of rotatable bonds is 12. The van der Waals surface area contributed by atoms with E-state index in [0.29, 0.717) is 32.1 Å². The Morgan fingerprint density at radius 2 is 0.962 bits per heavy atom. The van der Waals surface area contributed by atoms with Gasteiger partial charge in [-0.25, -0.2) is 12.6 Å². The van der Waals surface area contributed by atoms with Gasteiger partial charge >= 0.3 is 0 Å². The van der Waals surface area contributed by atoms with Gasteiger partial charge in [0.1, 0.15) is 22.8 Å². The summed E-state index contributed by atoms with van der Waals surface area (Å²) in [5.41, 5.74) is 1.27. The lowest BCUT2D eigenvalue weighted by Crippen LogP contribution is -2.25. The van der Waals surface area contributed by atoms with Crippen LogP contribution in [0.2, 0.25) is 5.02 Å². The van der Waals surface area contributed by atoms with E-state index in [-0.39, 0.29) is 9.79 Å². The van der Waals surface area contributed by atoms with Crippen LogP contribution in [0, 0.1) is 0 Å². The Labute approximate surface area is 322 Å². The van der Waals surface area contributed by atoms with E-state index in [9.17, 15) is 12.6 Å². The summed E-state index contributed by atoms with van der Waals surface area (Å²) >= 11 is 14.0. The molecule has 0 aliphatic rings. The van der Waals surface area contributed by atoms with Crippen LogP contribution >= 0.6 is 35.0 Å². The average molecular weight is 788 g/mol. The Morgan fingerprint density at radius 3 is 1.44 bits per heavy atom. The molecule has 0 fully saturated rings. The van der Waals surface area contributed by atoms with E-state index < -0.39 is 31.1 Å². The molecule has 0 radical (unpaired) electrons. The lowest BCUT2D eigenvalue weighted by atomic mass is 9.98. The molecular formula is C42H36Cl2O5S3. The van der Waals surface area contributed by atoms with Crippen molar-refractivity contribution in [2.45, 2.75) is 67.5 Å². The molecule has 0 bridgehead atoms. The number of hydrogen-bond donors (Lipinski definition) is 0. The summed E-state index contributed by atoms with van der Waals surface area (Å²) in [6.07, 6.45) is 0. The SMILES string of the molecule is CC(C)(Cl)c1ccc(S(=O)c2ccc(Oc3ccc(S(=O)(=O)c4ccc(OC(C)(C)c5ccc(Sc6ccc(Cl)cc6)cc5)cc4)cc3)cc2)cc1. The van der Waals surface area contributed by atoms with Crippen molar-refractivity contribution in [2.75, 3.05) is 0 Å². The van der Waals surface area contributed by atoms with Crippen molar-refractivity contribution in [1.82, 2.24) is 0 Å². The number of benzene rings is 6. The standard InChI is InChI=1S/C42H36Cl2O5S3/c1-41(2,44)29-7-21-37(22-8-29)51(45)38-23-11-32(12-24-38)48-33-13-25-39(26-14-33)52(46,47)40-27-15-34(16-28-40)49-42(3,4)30-5-17-35(18-6-30)50-36-19-9-31(43)10-20-36/h5-28H,1-4H3. The molecule has 6 aromatic carbocycles. The van der Waals surface area contributed by atoms with E-state index in [1.54, 1.807) is 72.4 Å². The zero-order valence-corrected chi connectivity index (χ0v) is 32.8. The summed E-state index contributed by atoms with van der Waals surface area (Å²) in [5, 5.41) is 0.705. The Balaban J connectivity index is 1.06. The molecule has 0 aliphatic heterocycles. The fraction of sp³-hybridized carbons (Fsp3) is 0.143. The van der Waals surface area contributed by atoms with Crippen molar-refractivity contribution >= 4 is 55.6 Å². The Bertz CT molecular complexity index is 2270. The topological polar surface area (TPSA) is 69.7 Å². The predicted octanol–water partition coefficient (Wildman–Crippen LogP) is 12.1. The second kappa shape index (κ2) is 15.5. The third-order valence-electron chi connectivity index (χ3n) is 8.27. The second-order valence-corrected chi connectivity index (χ2v) is 18.9. The van der Waals surface area contributed by atoms with Crippen LogP contribution in [0.3, 0.4) is 0 Å². The zero-order valence-electron chi connectivity index (χ0n) is 28.9. The Hall–Kier alpha value is -4.05. The summed E-state index contributed by atoms with van der Waals surface area (Å²) in [5.74, 6) is 1.55. The molecule has 0 aromatic heterocycles. The van der Waals surface area contributed by atoms with Crippen LogP contribution in [0.5, 0.6) is 17.2 Å². The van der Waals surface area contributed by atoms with Crippen LogP contribution in [0.1, 0.15) is 38.8 Å². The minimum atomic E-state index is -3.79. The molecule has 1 atom stereocenters. The van der Waals surface area contributed by atoms with Gasteiger partial charge in [0.15, 0.2) is 0 Å². The number of alkyl halides is 1. The van der Waals surface area contributed by atoms with Crippen molar-refractivity contribution < 1.29 is 22.1 Å². The van der Waals surface area contributed by atoms with E-state index in [1.165, 1.54) is 12.1 Å². The molecule has 0 heterocycles. The highest BCUT2D eigenvalue weighted by molar-refractivity contribution is 7.99. The minimum absolute atomic E-state index is 0.139. The van der Waals surface area contributed by atoms with Crippen molar-refractivity contribution in [1.29, 1.82) is 0 Å². The van der Waals surface area contributed by atoms with Crippen molar-refractivity contribution in [3.8, 4) is 17.2 Å². The van der Waals surface area contributed by atoms with Gasteiger partial charge in [-0.3, -0.25) is 0 Å². The van der Waals surface area contributed by atoms with Gasteiger partial charge in [0, 0.05) is 24.6 Å². The molecule has 266 valence electrons. The molecule has 0 saturated heterocycles. The number of hydrogen-bond acceptors (Lipinski definition) is 6. The largest absolute Gasteiger partial charge is 0.483 e. The highest BCUT2D eigenvalue weighted by atomic mass is 35.5. The van der Waals surface area contributed by atoms with Crippen molar-refractivity contribution in [3.63, 3.8) is 0 Å². The molecule has 1 unspecified atom stereocenters. The van der Waals surface area contributed by atoms with Gasteiger partial charge in [-0.1, -0.05) is 47.6 Å². The molecule has 6 aromatic rings. The third kappa shape index (κ3) is 9.11. The lowest BCUT2D eigenvalue weighted by Gasteiger charge is -2.27. The number of halogens is 2. The highest BCUT2D eigenvalue weighted by Gasteiger charge is 2.24. The summed E-state index contributed by atoms with van der Waals surface area (Å²) < 4.78 is 52.3. The van der Waals surface area contributed by atoms with Gasteiger partial charge in [0.2, 0.25) is 9.84 Å². The molecule has 0 saturated carbocycles. The molecule has 0 N–H and O–H groups in total. The van der Waals surface area contributed by atoms with Crippen LogP contribution in [0.4, 0.5) is 0 Å². The van der Waals surface area contributed by atoms with Gasteiger partial charge in [-0.2, -0.15) is 0 Å². The van der Waals surface area contributed by atoms with Gasteiger partial charge in [0.25, 0.3) is 0 Å².